The molecule has 274 valence electrons. The number of amides is 1. The Kier molecular flexibility index (Phi) is 9.03. The Labute approximate surface area is 290 Å². The number of rotatable bonds is 8. The van der Waals surface area contributed by atoms with Crippen LogP contribution >= 0.6 is 0 Å². The summed E-state index contributed by atoms with van der Waals surface area (Å²) < 4.78 is 120. The summed E-state index contributed by atoms with van der Waals surface area (Å²) in [4.78, 5) is 36.1. The molecule has 2 aliphatic heterocycles. The molecule has 2 fully saturated rings. The van der Waals surface area contributed by atoms with Crippen molar-refractivity contribution in [1.82, 2.24) is 14.9 Å². The topological polar surface area (TPSA) is 105 Å². The minimum atomic E-state index is -5.13. The van der Waals surface area contributed by atoms with E-state index < -0.39 is 78.8 Å². The number of aryl methyl sites for hydroxylation is 1. The Morgan fingerprint density at radius 3 is 2.15 bits per heavy atom. The maximum Gasteiger partial charge on any atom is 0.416 e. The molecule has 2 aliphatic rings. The number of ether oxygens (including phenoxy) is 2. The maximum absolute atomic E-state index is 13.8. The number of aromatic carboxylic acids is 1. The van der Waals surface area contributed by atoms with Crippen LogP contribution in [0, 0.1) is 6.92 Å². The van der Waals surface area contributed by atoms with E-state index in [1.54, 1.807) is 25.1 Å². The van der Waals surface area contributed by atoms with Crippen molar-refractivity contribution in [2.75, 3.05) is 25.1 Å². The van der Waals surface area contributed by atoms with Crippen LogP contribution in [0.3, 0.4) is 0 Å². The standard InChI is InChI=1S/C35H28F8N4O5/c1-17-8-19(31(48)49)4-5-24(17)21-11-26(30(51-3)44-13-21)25-6-7-28(46-15-33(36,37)16-46)45-27(25)14-47-18(2)29(52-32(47)50)20-9-22(34(38,39)40)12-23(10-20)35(41,42)43/h4-13,18,29H,14-16H2,1-3H3,(H,48,49). The van der Waals surface area contributed by atoms with Crippen LogP contribution in [-0.2, 0) is 23.6 Å². The lowest BCUT2D eigenvalue weighted by atomic mass is 9.95. The number of pyridine rings is 2. The SMILES string of the molecule is COc1ncc(-c2ccc(C(=O)O)cc2C)cc1-c1ccc(N2CC(F)(F)C2)nc1CN1C(=O)OC(c2cc(C(F)(F)F)cc(C(F)(F)F)c2)C1C. The Morgan fingerprint density at radius 1 is 0.962 bits per heavy atom. The van der Waals surface area contributed by atoms with Crippen molar-refractivity contribution in [3.8, 4) is 28.1 Å². The molecule has 9 nitrogen and oxygen atoms in total. The summed E-state index contributed by atoms with van der Waals surface area (Å²) in [6, 6.07) is 9.02. The molecule has 2 saturated heterocycles. The number of alkyl halides is 8. The molecule has 2 unspecified atom stereocenters. The predicted octanol–water partition coefficient (Wildman–Crippen LogP) is 8.40. The summed E-state index contributed by atoms with van der Waals surface area (Å²) in [5.41, 5.74) is -1.12. The third-order valence-electron chi connectivity index (χ3n) is 8.90. The van der Waals surface area contributed by atoms with Crippen LogP contribution in [0.1, 0.15) is 51.3 Å². The number of hydrogen-bond acceptors (Lipinski definition) is 7. The largest absolute Gasteiger partial charge is 0.481 e. The third kappa shape index (κ3) is 7.03. The molecule has 17 heteroatoms. The van der Waals surface area contributed by atoms with Crippen molar-refractivity contribution in [2.24, 2.45) is 0 Å². The van der Waals surface area contributed by atoms with Crippen LogP contribution in [0.25, 0.3) is 22.3 Å². The van der Waals surface area contributed by atoms with Gasteiger partial charge in [-0.3, -0.25) is 4.90 Å². The average molecular weight is 737 g/mol. The van der Waals surface area contributed by atoms with E-state index in [1.807, 2.05) is 0 Å². The van der Waals surface area contributed by atoms with Crippen LogP contribution in [0.4, 0.5) is 45.7 Å². The fourth-order valence-corrected chi connectivity index (χ4v) is 6.25. The van der Waals surface area contributed by atoms with Crippen molar-refractivity contribution in [1.29, 1.82) is 0 Å². The van der Waals surface area contributed by atoms with Gasteiger partial charge in [-0.1, -0.05) is 6.07 Å². The molecule has 2 aromatic heterocycles. The second-order valence-electron chi connectivity index (χ2n) is 12.5. The van der Waals surface area contributed by atoms with Crippen LogP contribution < -0.4 is 9.64 Å². The fraction of sp³-hybridized carbons (Fsp3) is 0.314. The molecule has 1 N–H and O–H groups in total. The highest BCUT2D eigenvalue weighted by Crippen LogP contribution is 2.43. The number of carbonyl (C=O) groups is 2. The molecule has 4 aromatic rings. The predicted molar refractivity (Wildman–Crippen MR) is 169 cm³/mol. The third-order valence-corrected chi connectivity index (χ3v) is 8.90. The van der Waals surface area contributed by atoms with E-state index in [-0.39, 0.29) is 29.0 Å². The van der Waals surface area contributed by atoms with Gasteiger partial charge >= 0.3 is 24.4 Å². The van der Waals surface area contributed by atoms with Crippen LogP contribution in [0.15, 0.2) is 60.8 Å². The molecule has 0 radical (unpaired) electrons. The first-order valence-corrected chi connectivity index (χ1v) is 15.5. The number of aromatic nitrogens is 2. The highest BCUT2D eigenvalue weighted by atomic mass is 19.4. The first-order chi connectivity index (χ1) is 24.3. The molecular weight excluding hydrogens is 708 g/mol. The summed E-state index contributed by atoms with van der Waals surface area (Å²) in [6.07, 6.45) is -11.4. The van der Waals surface area contributed by atoms with E-state index in [9.17, 15) is 49.8 Å². The number of hydrogen-bond donors (Lipinski definition) is 1. The smallest absolute Gasteiger partial charge is 0.416 e. The zero-order valence-corrected chi connectivity index (χ0v) is 27.4. The fourth-order valence-electron chi connectivity index (χ4n) is 6.25. The second kappa shape index (κ2) is 12.9. The first-order valence-electron chi connectivity index (χ1n) is 15.5. The zero-order valence-electron chi connectivity index (χ0n) is 27.4. The number of carbonyl (C=O) groups excluding carboxylic acids is 1. The molecule has 2 aromatic carbocycles. The van der Waals surface area contributed by atoms with Crippen LogP contribution in [0.2, 0.25) is 0 Å². The summed E-state index contributed by atoms with van der Waals surface area (Å²) in [7, 11) is 1.34. The quantitative estimate of drug-likeness (QED) is 0.180. The van der Waals surface area contributed by atoms with Gasteiger partial charge in [-0.05, 0) is 79.1 Å². The van der Waals surface area contributed by atoms with Gasteiger partial charge in [0.2, 0.25) is 5.88 Å². The number of benzene rings is 2. The average Bonchev–Trinajstić information content (AvgIpc) is 3.34. The molecule has 2 atom stereocenters. The zero-order chi connectivity index (χ0) is 37.9. The van der Waals surface area contributed by atoms with E-state index in [0.29, 0.717) is 39.9 Å². The normalized spacial score (nSPS) is 18.6. The number of methoxy groups -OCH3 is 1. The van der Waals surface area contributed by atoms with Gasteiger partial charge < -0.3 is 19.5 Å². The Hall–Kier alpha value is -5.48. The minimum Gasteiger partial charge on any atom is -0.481 e. The minimum absolute atomic E-state index is 0.0265. The molecule has 4 heterocycles. The van der Waals surface area contributed by atoms with E-state index in [0.717, 1.165) is 4.90 Å². The molecule has 1 amide bonds. The number of halogens is 8. The second-order valence-corrected chi connectivity index (χ2v) is 12.5. The number of carboxylic acids is 1. The van der Waals surface area contributed by atoms with E-state index in [1.165, 1.54) is 43.3 Å². The van der Waals surface area contributed by atoms with Crippen molar-refractivity contribution in [2.45, 2.75) is 50.8 Å². The van der Waals surface area contributed by atoms with Crippen molar-refractivity contribution >= 4 is 17.9 Å². The van der Waals surface area contributed by atoms with Gasteiger partial charge in [0.15, 0.2) is 0 Å². The van der Waals surface area contributed by atoms with Gasteiger partial charge in [-0.2, -0.15) is 26.3 Å². The van der Waals surface area contributed by atoms with Gasteiger partial charge in [0.1, 0.15) is 11.9 Å². The Bertz CT molecular complexity index is 2030. The van der Waals surface area contributed by atoms with Crippen LogP contribution in [0.5, 0.6) is 5.88 Å². The van der Waals surface area contributed by atoms with E-state index in [4.69, 9.17) is 9.47 Å². The van der Waals surface area contributed by atoms with Crippen molar-refractivity contribution in [3.63, 3.8) is 0 Å². The highest BCUT2D eigenvalue weighted by Gasteiger charge is 2.46. The van der Waals surface area contributed by atoms with Gasteiger partial charge in [-0.15, -0.1) is 0 Å². The van der Waals surface area contributed by atoms with Gasteiger partial charge in [0, 0.05) is 22.9 Å². The summed E-state index contributed by atoms with van der Waals surface area (Å²) in [5, 5.41) is 9.39. The van der Waals surface area contributed by atoms with Crippen molar-refractivity contribution in [3.05, 3.63) is 94.3 Å². The molecule has 0 aliphatic carbocycles. The highest BCUT2D eigenvalue weighted by molar-refractivity contribution is 5.89. The lowest BCUT2D eigenvalue weighted by Crippen LogP contribution is -2.56. The maximum atomic E-state index is 13.8. The first kappa shape index (κ1) is 36.3. The Balaban J connectivity index is 1.42. The summed E-state index contributed by atoms with van der Waals surface area (Å²) >= 11 is 0. The van der Waals surface area contributed by atoms with Gasteiger partial charge in [0.25, 0.3) is 5.92 Å². The molecule has 52 heavy (non-hydrogen) atoms. The summed E-state index contributed by atoms with van der Waals surface area (Å²) in [5.74, 6) is -3.87. The lowest BCUT2D eigenvalue weighted by molar-refractivity contribution is -0.143. The number of anilines is 1. The summed E-state index contributed by atoms with van der Waals surface area (Å²) in [6.45, 7) is 1.41. The monoisotopic (exact) mass is 736 g/mol. The lowest BCUT2D eigenvalue weighted by Gasteiger charge is -2.39. The molecule has 0 saturated carbocycles. The molecule has 0 spiro atoms. The number of cyclic esters (lactones) is 1. The van der Waals surface area contributed by atoms with Crippen LogP contribution in [-0.4, -0.2) is 64.2 Å². The van der Waals surface area contributed by atoms with E-state index >= 15 is 0 Å². The van der Waals surface area contributed by atoms with Gasteiger partial charge in [-0.25, -0.2) is 28.3 Å². The Morgan fingerprint density at radius 2 is 1.60 bits per heavy atom. The number of carboxylic acid groups (broad SMARTS) is 1. The van der Waals surface area contributed by atoms with Gasteiger partial charge in [0.05, 0.1) is 55.2 Å². The molecule has 0 bridgehead atoms. The molecule has 6 rings (SSSR count). The number of nitrogens with zero attached hydrogens (tertiary/aromatic N) is 4. The van der Waals surface area contributed by atoms with E-state index in [2.05, 4.69) is 9.97 Å². The molecular formula is C35H28F8N4O5. The van der Waals surface area contributed by atoms with Crippen molar-refractivity contribution < 1.29 is 59.3 Å².